The molecule has 1 N–H and O–H groups in total. The summed E-state index contributed by atoms with van der Waals surface area (Å²) in [5.41, 5.74) is 1.06. The second kappa shape index (κ2) is 5.37. The normalized spacial score (nSPS) is 26.9. The van der Waals surface area contributed by atoms with Crippen LogP contribution in [0.5, 0.6) is 0 Å². The highest BCUT2D eigenvalue weighted by Crippen LogP contribution is 2.32. The largest absolute Gasteiger partial charge is 0.432 e. The molecule has 2 atom stereocenters. The highest BCUT2D eigenvalue weighted by Gasteiger charge is 2.37. The highest BCUT2D eigenvalue weighted by molar-refractivity contribution is 5.31. The Morgan fingerprint density at radius 1 is 1.40 bits per heavy atom. The van der Waals surface area contributed by atoms with Crippen molar-refractivity contribution in [1.82, 2.24) is 10.3 Å². The number of nitrogens with zero attached hydrogens (tertiary/aromatic N) is 2. The first-order valence-electron chi connectivity index (χ1n) is 7.61. The monoisotopic (exact) mass is 279 g/mol. The number of oxazole rings is 1. The lowest BCUT2D eigenvalue weighted by atomic mass is 10.1. The van der Waals surface area contributed by atoms with Crippen molar-refractivity contribution >= 4 is 6.01 Å². The van der Waals surface area contributed by atoms with Crippen LogP contribution in [0.2, 0.25) is 0 Å². The fourth-order valence-corrected chi connectivity index (χ4v) is 3.03. The van der Waals surface area contributed by atoms with Crippen LogP contribution in [0.25, 0.3) is 0 Å². The van der Waals surface area contributed by atoms with E-state index in [1.165, 1.54) is 19.3 Å². The molecule has 0 bridgehead atoms. The summed E-state index contributed by atoms with van der Waals surface area (Å²) in [6, 6.07) is 1.21. The summed E-state index contributed by atoms with van der Waals surface area (Å²) in [5.74, 6) is 0. The summed E-state index contributed by atoms with van der Waals surface area (Å²) in [5, 5.41) is 3.44. The number of rotatable bonds is 3. The van der Waals surface area contributed by atoms with Crippen LogP contribution in [0.15, 0.2) is 10.7 Å². The van der Waals surface area contributed by atoms with Crippen LogP contribution >= 0.6 is 0 Å². The van der Waals surface area contributed by atoms with E-state index in [0.29, 0.717) is 12.1 Å². The minimum absolute atomic E-state index is 0.0919. The maximum absolute atomic E-state index is 5.83. The summed E-state index contributed by atoms with van der Waals surface area (Å²) >= 11 is 0. The van der Waals surface area contributed by atoms with Gasteiger partial charge in [0.05, 0.1) is 24.4 Å². The Morgan fingerprint density at radius 2 is 2.25 bits per heavy atom. The predicted octanol–water partition coefficient (Wildman–Crippen LogP) is 2.32. The smallest absolute Gasteiger partial charge is 0.297 e. The van der Waals surface area contributed by atoms with Gasteiger partial charge < -0.3 is 19.4 Å². The van der Waals surface area contributed by atoms with Crippen molar-refractivity contribution in [1.29, 1.82) is 0 Å². The van der Waals surface area contributed by atoms with Crippen LogP contribution in [0.4, 0.5) is 6.01 Å². The summed E-state index contributed by atoms with van der Waals surface area (Å²) in [7, 11) is 0. The molecule has 2 unspecified atom stereocenters. The molecule has 112 valence electrons. The third-order valence-corrected chi connectivity index (χ3v) is 4.07. The SMILES string of the molecule is CC(C)(C)NCc1coc(N2CCOC3CCCC32)n1. The van der Waals surface area contributed by atoms with E-state index in [4.69, 9.17) is 9.15 Å². The number of ether oxygens (including phenoxy) is 1. The first kappa shape index (κ1) is 13.9. The Kier molecular flexibility index (Phi) is 3.73. The molecule has 20 heavy (non-hydrogen) atoms. The van der Waals surface area contributed by atoms with Gasteiger partial charge in [-0.05, 0) is 40.0 Å². The molecule has 0 radical (unpaired) electrons. The van der Waals surface area contributed by atoms with E-state index < -0.39 is 0 Å². The van der Waals surface area contributed by atoms with Gasteiger partial charge in [-0.1, -0.05) is 0 Å². The van der Waals surface area contributed by atoms with E-state index in [0.717, 1.165) is 31.4 Å². The molecule has 1 saturated carbocycles. The Hall–Kier alpha value is -1.07. The first-order valence-corrected chi connectivity index (χ1v) is 7.61. The molecule has 5 heteroatoms. The average Bonchev–Trinajstić information content (AvgIpc) is 3.04. The lowest BCUT2D eigenvalue weighted by Crippen LogP contribution is -2.48. The van der Waals surface area contributed by atoms with Crippen LogP contribution in [0.1, 0.15) is 45.7 Å². The Labute approximate surface area is 120 Å². The number of fused-ring (bicyclic) bond motifs is 1. The Morgan fingerprint density at radius 3 is 3.05 bits per heavy atom. The maximum Gasteiger partial charge on any atom is 0.297 e. The molecule has 1 saturated heterocycles. The van der Waals surface area contributed by atoms with Gasteiger partial charge >= 0.3 is 0 Å². The summed E-state index contributed by atoms with van der Waals surface area (Å²) in [6.07, 6.45) is 5.73. The van der Waals surface area contributed by atoms with Crippen LogP contribution in [0, 0.1) is 0 Å². The lowest BCUT2D eigenvalue weighted by Gasteiger charge is -2.36. The zero-order valence-corrected chi connectivity index (χ0v) is 12.7. The van der Waals surface area contributed by atoms with Gasteiger partial charge in [-0.3, -0.25) is 0 Å². The molecular weight excluding hydrogens is 254 g/mol. The molecule has 0 spiro atoms. The van der Waals surface area contributed by atoms with Gasteiger partial charge in [-0.15, -0.1) is 0 Å². The van der Waals surface area contributed by atoms with Crippen LogP contribution in [-0.2, 0) is 11.3 Å². The number of hydrogen-bond donors (Lipinski definition) is 1. The van der Waals surface area contributed by atoms with E-state index in [1.807, 2.05) is 0 Å². The standard InChI is InChI=1S/C15H25N3O2/c1-15(2,3)16-9-11-10-20-14(17-11)18-7-8-19-13-6-4-5-12(13)18/h10,12-13,16H,4-9H2,1-3H3. The van der Waals surface area contributed by atoms with Gasteiger partial charge in [0.2, 0.25) is 0 Å². The maximum atomic E-state index is 5.83. The highest BCUT2D eigenvalue weighted by atomic mass is 16.5. The van der Waals surface area contributed by atoms with Gasteiger partial charge in [0.15, 0.2) is 0 Å². The lowest BCUT2D eigenvalue weighted by molar-refractivity contribution is 0.0236. The molecule has 1 aromatic rings. The second-order valence-corrected chi connectivity index (χ2v) is 6.83. The second-order valence-electron chi connectivity index (χ2n) is 6.83. The molecular formula is C15H25N3O2. The first-order chi connectivity index (χ1) is 9.53. The van der Waals surface area contributed by atoms with Crippen molar-refractivity contribution in [2.45, 2.75) is 64.3 Å². The number of anilines is 1. The molecule has 2 aliphatic rings. The third-order valence-electron chi connectivity index (χ3n) is 4.07. The van der Waals surface area contributed by atoms with Crippen molar-refractivity contribution in [2.75, 3.05) is 18.1 Å². The zero-order valence-electron chi connectivity index (χ0n) is 12.7. The molecule has 1 aliphatic heterocycles. The van der Waals surface area contributed by atoms with E-state index in [1.54, 1.807) is 6.26 Å². The summed E-state index contributed by atoms with van der Waals surface area (Å²) < 4.78 is 11.5. The third kappa shape index (κ3) is 2.99. The van der Waals surface area contributed by atoms with E-state index in [-0.39, 0.29) is 5.54 Å². The van der Waals surface area contributed by atoms with Gasteiger partial charge in [0.1, 0.15) is 6.26 Å². The van der Waals surface area contributed by atoms with E-state index in [9.17, 15) is 0 Å². The minimum atomic E-state index is 0.0919. The van der Waals surface area contributed by atoms with Crippen molar-refractivity contribution in [3.8, 4) is 0 Å². The Bertz CT molecular complexity index is 452. The summed E-state index contributed by atoms with van der Waals surface area (Å²) in [4.78, 5) is 6.93. The molecule has 0 aromatic carbocycles. The predicted molar refractivity (Wildman–Crippen MR) is 77.8 cm³/mol. The van der Waals surface area contributed by atoms with Crippen molar-refractivity contribution in [3.63, 3.8) is 0 Å². The quantitative estimate of drug-likeness (QED) is 0.920. The zero-order chi connectivity index (χ0) is 14.2. The number of nitrogens with one attached hydrogen (secondary N) is 1. The molecule has 1 aromatic heterocycles. The van der Waals surface area contributed by atoms with Gasteiger partial charge in [0.25, 0.3) is 6.01 Å². The fraction of sp³-hybridized carbons (Fsp3) is 0.800. The van der Waals surface area contributed by atoms with Crippen molar-refractivity contribution < 1.29 is 9.15 Å². The van der Waals surface area contributed by atoms with Crippen molar-refractivity contribution in [2.24, 2.45) is 0 Å². The van der Waals surface area contributed by atoms with E-state index >= 15 is 0 Å². The summed E-state index contributed by atoms with van der Waals surface area (Å²) in [6.45, 7) is 8.86. The molecule has 2 fully saturated rings. The Balaban J connectivity index is 1.66. The topological polar surface area (TPSA) is 50.5 Å². The van der Waals surface area contributed by atoms with Gasteiger partial charge in [-0.2, -0.15) is 4.98 Å². The van der Waals surface area contributed by atoms with E-state index in [2.05, 4.69) is 36.0 Å². The van der Waals surface area contributed by atoms with Crippen LogP contribution < -0.4 is 10.2 Å². The number of morpholine rings is 1. The van der Waals surface area contributed by atoms with Crippen LogP contribution in [-0.4, -0.2) is 35.8 Å². The number of aromatic nitrogens is 1. The van der Waals surface area contributed by atoms with Crippen LogP contribution in [0.3, 0.4) is 0 Å². The molecule has 0 amide bonds. The number of hydrogen-bond acceptors (Lipinski definition) is 5. The molecule has 5 nitrogen and oxygen atoms in total. The van der Waals surface area contributed by atoms with Crippen molar-refractivity contribution in [3.05, 3.63) is 12.0 Å². The van der Waals surface area contributed by atoms with Gasteiger partial charge in [0, 0.05) is 18.6 Å². The van der Waals surface area contributed by atoms with Gasteiger partial charge in [-0.25, -0.2) is 0 Å². The molecule has 2 heterocycles. The molecule has 1 aliphatic carbocycles. The fourth-order valence-electron chi connectivity index (χ4n) is 3.03. The minimum Gasteiger partial charge on any atom is -0.432 e. The average molecular weight is 279 g/mol. The molecule has 3 rings (SSSR count).